The zero-order valence-electron chi connectivity index (χ0n) is 7.54. The van der Waals surface area contributed by atoms with Gasteiger partial charge in [0.25, 0.3) is 5.95 Å². The van der Waals surface area contributed by atoms with Crippen molar-refractivity contribution in [3.63, 3.8) is 0 Å². The van der Waals surface area contributed by atoms with Gasteiger partial charge < -0.3 is 5.32 Å². The van der Waals surface area contributed by atoms with Crippen molar-refractivity contribution >= 4 is 29.2 Å². The van der Waals surface area contributed by atoms with Crippen molar-refractivity contribution in [1.29, 1.82) is 0 Å². The molecular formula is C8H7Cl2N5. The Kier molecular flexibility index (Phi) is 3.03. The fraction of sp³-hybridized carbons (Fsp3) is 0.125. The van der Waals surface area contributed by atoms with E-state index >= 15 is 0 Å². The molecule has 0 fully saturated rings. The molecule has 78 valence electrons. The Labute approximate surface area is 95.8 Å². The zero-order chi connectivity index (χ0) is 10.7. The number of aromatic amines is 1. The number of aromatic nitrogens is 4. The SMILES string of the molecule is Clc1ccc(CNc2nn[nH]n2)cc1Cl. The molecule has 0 bridgehead atoms. The minimum Gasteiger partial charge on any atom is -0.348 e. The van der Waals surface area contributed by atoms with Gasteiger partial charge >= 0.3 is 0 Å². The average Bonchev–Trinajstić information content (AvgIpc) is 2.73. The lowest BCUT2D eigenvalue weighted by atomic mass is 10.2. The maximum atomic E-state index is 5.86. The summed E-state index contributed by atoms with van der Waals surface area (Å²) in [7, 11) is 0. The summed E-state index contributed by atoms with van der Waals surface area (Å²) in [5.41, 5.74) is 0.995. The summed E-state index contributed by atoms with van der Waals surface area (Å²) in [6.45, 7) is 0.566. The van der Waals surface area contributed by atoms with Gasteiger partial charge in [0.15, 0.2) is 0 Å². The Hall–Kier alpha value is -1.33. The van der Waals surface area contributed by atoms with Gasteiger partial charge in [-0.3, -0.25) is 0 Å². The first-order valence-corrected chi connectivity index (χ1v) is 4.92. The molecule has 0 saturated carbocycles. The first-order chi connectivity index (χ1) is 7.25. The number of halogens is 2. The smallest absolute Gasteiger partial charge is 0.263 e. The van der Waals surface area contributed by atoms with E-state index in [0.717, 1.165) is 5.56 Å². The third-order valence-electron chi connectivity index (χ3n) is 1.78. The number of rotatable bonds is 3. The van der Waals surface area contributed by atoms with Crippen molar-refractivity contribution < 1.29 is 0 Å². The molecule has 0 atom stereocenters. The van der Waals surface area contributed by atoms with E-state index in [1.165, 1.54) is 0 Å². The standard InChI is InChI=1S/C8H7Cl2N5/c9-6-2-1-5(3-7(6)10)4-11-8-12-14-15-13-8/h1-3H,4H2,(H2,11,12,13,14,15). The molecule has 0 aliphatic heterocycles. The summed E-state index contributed by atoms with van der Waals surface area (Å²) >= 11 is 11.7. The van der Waals surface area contributed by atoms with Gasteiger partial charge in [0.1, 0.15) is 0 Å². The third kappa shape index (κ3) is 2.57. The molecule has 2 N–H and O–H groups in total. The summed E-state index contributed by atoms with van der Waals surface area (Å²) in [5, 5.41) is 17.3. The van der Waals surface area contributed by atoms with E-state index in [9.17, 15) is 0 Å². The van der Waals surface area contributed by atoms with Gasteiger partial charge in [0.05, 0.1) is 10.0 Å². The highest BCUT2D eigenvalue weighted by molar-refractivity contribution is 6.42. The van der Waals surface area contributed by atoms with Crippen LogP contribution in [0.3, 0.4) is 0 Å². The van der Waals surface area contributed by atoms with E-state index in [2.05, 4.69) is 25.9 Å². The Bertz CT molecular complexity index is 442. The molecule has 0 amide bonds. The van der Waals surface area contributed by atoms with Gasteiger partial charge in [-0.25, -0.2) is 0 Å². The van der Waals surface area contributed by atoms with Crippen molar-refractivity contribution in [2.75, 3.05) is 5.32 Å². The summed E-state index contributed by atoms with van der Waals surface area (Å²) in [4.78, 5) is 0. The number of hydrogen-bond acceptors (Lipinski definition) is 4. The number of tetrazole rings is 1. The average molecular weight is 244 g/mol. The number of nitrogens with one attached hydrogen (secondary N) is 2. The molecule has 0 unspecified atom stereocenters. The molecule has 5 nitrogen and oxygen atoms in total. The summed E-state index contributed by atoms with van der Waals surface area (Å²) < 4.78 is 0. The number of hydrogen-bond donors (Lipinski definition) is 2. The molecule has 0 aliphatic carbocycles. The molecule has 1 aromatic heterocycles. The van der Waals surface area contributed by atoms with Gasteiger partial charge in [0, 0.05) is 6.54 Å². The normalized spacial score (nSPS) is 10.3. The van der Waals surface area contributed by atoms with Crippen LogP contribution in [0.15, 0.2) is 18.2 Å². The summed E-state index contributed by atoms with van der Waals surface area (Å²) in [5.74, 6) is 0.445. The molecule has 7 heteroatoms. The van der Waals surface area contributed by atoms with Crippen LogP contribution in [0.2, 0.25) is 10.0 Å². The molecule has 1 heterocycles. The Morgan fingerprint density at radius 1 is 1.27 bits per heavy atom. The monoisotopic (exact) mass is 243 g/mol. The van der Waals surface area contributed by atoms with Gasteiger partial charge in [-0.2, -0.15) is 5.21 Å². The van der Waals surface area contributed by atoms with Crippen LogP contribution in [-0.2, 0) is 6.54 Å². The maximum absolute atomic E-state index is 5.86. The van der Waals surface area contributed by atoms with Crippen molar-refractivity contribution in [3.05, 3.63) is 33.8 Å². The van der Waals surface area contributed by atoms with Crippen molar-refractivity contribution in [1.82, 2.24) is 20.6 Å². The molecule has 0 saturated heterocycles. The van der Waals surface area contributed by atoms with Crippen LogP contribution < -0.4 is 5.32 Å². The number of benzene rings is 1. The number of anilines is 1. The summed E-state index contributed by atoms with van der Waals surface area (Å²) in [6, 6.07) is 5.41. The molecule has 0 aliphatic rings. The highest BCUT2D eigenvalue weighted by Gasteiger charge is 2.00. The fourth-order valence-corrected chi connectivity index (χ4v) is 1.39. The highest BCUT2D eigenvalue weighted by Crippen LogP contribution is 2.22. The van der Waals surface area contributed by atoms with E-state index in [0.29, 0.717) is 22.5 Å². The first-order valence-electron chi connectivity index (χ1n) is 4.17. The van der Waals surface area contributed by atoms with E-state index in [-0.39, 0.29) is 0 Å². The molecule has 15 heavy (non-hydrogen) atoms. The Morgan fingerprint density at radius 2 is 2.13 bits per heavy atom. The lowest BCUT2D eigenvalue weighted by molar-refractivity contribution is 0.881. The van der Waals surface area contributed by atoms with Crippen molar-refractivity contribution in [2.45, 2.75) is 6.54 Å². The number of nitrogens with zero attached hydrogens (tertiary/aromatic N) is 3. The van der Waals surface area contributed by atoms with Crippen LogP contribution in [0, 0.1) is 0 Å². The van der Waals surface area contributed by atoms with Crippen LogP contribution in [0.4, 0.5) is 5.95 Å². The minimum absolute atomic E-state index is 0.445. The predicted octanol–water partition coefficient (Wildman–Crippen LogP) is 2.12. The van der Waals surface area contributed by atoms with Gasteiger partial charge in [-0.05, 0) is 22.9 Å². The van der Waals surface area contributed by atoms with Crippen LogP contribution in [0.5, 0.6) is 0 Å². The maximum Gasteiger partial charge on any atom is 0.263 e. The zero-order valence-corrected chi connectivity index (χ0v) is 9.05. The quantitative estimate of drug-likeness (QED) is 0.867. The molecule has 0 spiro atoms. The first kappa shape index (κ1) is 10.2. The van der Waals surface area contributed by atoms with Crippen LogP contribution >= 0.6 is 23.2 Å². The van der Waals surface area contributed by atoms with E-state index in [4.69, 9.17) is 23.2 Å². The lowest BCUT2D eigenvalue weighted by Crippen LogP contribution is -2.00. The van der Waals surface area contributed by atoms with E-state index in [1.807, 2.05) is 6.07 Å². The molecule has 2 rings (SSSR count). The van der Waals surface area contributed by atoms with E-state index < -0.39 is 0 Å². The summed E-state index contributed by atoms with van der Waals surface area (Å²) in [6.07, 6.45) is 0. The second kappa shape index (κ2) is 4.46. The third-order valence-corrected chi connectivity index (χ3v) is 2.52. The topological polar surface area (TPSA) is 66.5 Å². The van der Waals surface area contributed by atoms with Crippen LogP contribution in [0.25, 0.3) is 0 Å². The Morgan fingerprint density at radius 3 is 2.80 bits per heavy atom. The number of H-pyrrole nitrogens is 1. The molecule has 2 aromatic rings. The van der Waals surface area contributed by atoms with Crippen LogP contribution in [-0.4, -0.2) is 20.6 Å². The molecule has 1 aromatic carbocycles. The fourth-order valence-electron chi connectivity index (χ4n) is 1.07. The second-order valence-corrected chi connectivity index (χ2v) is 3.65. The molecular weight excluding hydrogens is 237 g/mol. The van der Waals surface area contributed by atoms with Gasteiger partial charge in [0.2, 0.25) is 0 Å². The van der Waals surface area contributed by atoms with Crippen molar-refractivity contribution in [3.8, 4) is 0 Å². The minimum atomic E-state index is 0.445. The van der Waals surface area contributed by atoms with Crippen molar-refractivity contribution in [2.24, 2.45) is 0 Å². The predicted molar refractivity (Wildman–Crippen MR) is 58.0 cm³/mol. The largest absolute Gasteiger partial charge is 0.348 e. The Balaban J connectivity index is 2.02. The second-order valence-electron chi connectivity index (χ2n) is 2.84. The van der Waals surface area contributed by atoms with Gasteiger partial charge in [-0.15, -0.1) is 5.10 Å². The molecule has 0 radical (unpaired) electrons. The van der Waals surface area contributed by atoms with E-state index in [1.54, 1.807) is 12.1 Å². The van der Waals surface area contributed by atoms with Gasteiger partial charge in [-0.1, -0.05) is 34.4 Å². The van der Waals surface area contributed by atoms with Crippen LogP contribution in [0.1, 0.15) is 5.56 Å². The highest BCUT2D eigenvalue weighted by atomic mass is 35.5. The lowest BCUT2D eigenvalue weighted by Gasteiger charge is -2.03.